The molecule has 18 heavy (non-hydrogen) atoms. The minimum absolute atomic E-state index is 0.259. The number of hydrogen-bond donors (Lipinski definition) is 0. The standard InChI is InChI=1S/C13H9N3OS/c18-13(17-10-6-2-1-3-7-10)16-12-9-5-4-8-11(12)14-15-16/h1-9H. The zero-order valence-electron chi connectivity index (χ0n) is 9.35. The van der Waals surface area contributed by atoms with Gasteiger partial charge in [-0.3, -0.25) is 0 Å². The van der Waals surface area contributed by atoms with Crippen LogP contribution in [0.4, 0.5) is 0 Å². The van der Waals surface area contributed by atoms with Crippen LogP contribution in [-0.2, 0) is 0 Å². The van der Waals surface area contributed by atoms with Crippen molar-refractivity contribution in [1.29, 1.82) is 0 Å². The van der Waals surface area contributed by atoms with Crippen molar-refractivity contribution in [2.24, 2.45) is 0 Å². The first-order chi connectivity index (χ1) is 8.84. The molecule has 1 heterocycles. The monoisotopic (exact) mass is 255 g/mol. The van der Waals surface area contributed by atoms with Crippen LogP contribution >= 0.6 is 12.2 Å². The van der Waals surface area contributed by atoms with E-state index < -0.39 is 0 Å². The summed E-state index contributed by atoms with van der Waals surface area (Å²) in [6.07, 6.45) is 0. The van der Waals surface area contributed by atoms with Crippen molar-refractivity contribution in [1.82, 2.24) is 15.0 Å². The molecule has 0 aliphatic rings. The second-order valence-electron chi connectivity index (χ2n) is 3.67. The van der Waals surface area contributed by atoms with Crippen LogP contribution in [0.25, 0.3) is 11.0 Å². The molecule has 0 bridgehead atoms. The number of benzene rings is 2. The van der Waals surface area contributed by atoms with Gasteiger partial charge in [0.05, 0.1) is 5.52 Å². The van der Waals surface area contributed by atoms with Gasteiger partial charge in [0.15, 0.2) is 0 Å². The average molecular weight is 255 g/mol. The summed E-state index contributed by atoms with van der Waals surface area (Å²) in [7, 11) is 0. The van der Waals surface area contributed by atoms with Crippen LogP contribution in [0.5, 0.6) is 5.75 Å². The van der Waals surface area contributed by atoms with Gasteiger partial charge < -0.3 is 4.74 Å². The molecular weight excluding hydrogens is 246 g/mol. The molecule has 0 spiro atoms. The number of hydrogen-bond acceptors (Lipinski definition) is 4. The molecule has 3 rings (SSSR count). The Bertz CT molecular complexity index is 694. The van der Waals surface area contributed by atoms with Crippen LogP contribution in [0.1, 0.15) is 0 Å². The molecule has 0 saturated heterocycles. The molecular formula is C13H9N3OS. The van der Waals surface area contributed by atoms with E-state index in [-0.39, 0.29) is 5.17 Å². The van der Waals surface area contributed by atoms with Crippen LogP contribution in [0.15, 0.2) is 54.6 Å². The summed E-state index contributed by atoms with van der Waals surface area (Å²) < 4.78 is 7.07. The smallest absolute Gasteiger partial charge is 0.292 e. The summed E-state index contributed by atoms with van der Waals surface area (Å²) in [5.41, 5.74) is 1.62. The molecule has 0 saturated carbocycles. The minimum atomic E-state index is 0.259. The van der Waals surface area contributed by atoms with Crippen LogP contribution in [-0.4, -0.2) is 20.2 Å². The highest BCUT2D eigenvalue weighted by molar-refractivity contribution is 7.80. The summed E-state index contributed by atoms with van der Waals surface area (Å²) in [5, 5.41) is 8.28. The van der Waals surface area contributed by atoms with E-state index >= 15 is 0 Å². The highest BCUT2D eigenvalue weighted by Gasteiger charge is 2.09. The highest BCUT2D eigenvalue weighted by Crippen LogP contribution is 2.13. The zero-order chi connectivity index (χ0) is 12.4. The topological polar surface area (TPSA) is 39.9 Å². The molecule has 0 aliphatic heterocycles. The Morgan fingerprint density at radius 3 is 2.56 bits per heavy atom. The van der Waals surface area contributed by atoms with Gasteiger partial charge in [-0.1, -0.05) is 35.5 Å². The van der Waals surface area contributed by atoms with Crippen molar-refractivity contribution < 1.29 is 4.74 Å². The molecule has 0 atom stereocenters. The van der Waals surface area contributed by atoms with E-state index in [1.54, 1.807) is 0 Å². The Hall–Kier alpha value is -2.27. The summed E-state index contributed by atoms with van der Waals surface area (Å²) in [6.45, 7) is 0. The predicted octanol–water partition coefficient (Wildman–Crippen LogP) is 2.64. The summed E-state index contributed by atoms with van der Waals surface area (Å²) in [6, 6.07) is 17.0. The molecule has 0 amide bonds. The van der Waals surface area contributed by atoms with Gasteiger partial charge in [-0.2, -0.15) is 4.68 Å². The fourth-order valence-corrected chi connectivity index (χ4v) is 1.87. The van der Waals surface area contributed by atoms with E-state index in [0.29, 0.717) is 5.75 Å². The van der Waals surface area contributed by atoms with Gasteiger partial charge in [-0.25, -0.2) is 0 Å². The van der Waals surface area contributed by atoms with E-state index in [4.69, 9.17) is 17.0 Å². The van der Waals surface area contributed by atoms with Gasteiger partial charge in [-0.15, -0.1) is 5.10 Å². The van der Waals surface area contributed by atoms with Crippen LogP contribution in [0.3, 0.4) is 0 Å². The summed E-state index contributed by atoms with van der Waals surface area (Å²) in [4.78, 5) is 0. The average Bonchev–Trinajstić information content (AvgIpc) is 2.84. The fourth-order valence-electron chi connectivity index (χ4n) is 1.64. The van der Waals surface area contributed by atoms with E-state index in [1.165, 1.54) is 4.68 Å². The Balaban J connectivity index is 1.93. The third-order valence-electron chi connectivity index (χ3n) is 2.47. The van der Waals surface area contributed by atoms with Crippen LogP contribution in [0, 0.1) is 0 Å². The molecule has 88 valence electrons. The Labute approximate surface area is 109 Å². The lowest BCUT2D eigenvalue weighted by atomic mass is 10.3. The summed E-state index contributed by atoms with van der Waals surface area (Å²) in [5.74, 6) is 0.682. The zero-order valence-corrected chi connectivity index (χ0v) is 10.2. The van der Waals surface area contributed by atoms with Gasteiger partial charge in [0.1, 0.15) is 11.3 Å². The SMILES string of the molecule is S=C(Oc1ccccc1)n1nnc2ccccc21. The number of rotatable bonds is 1. The van der Waals surface area contributed by atoms with E-state index in [2.05, 4.69) is 10.3 Å². The fraction of sp³-hybridized carbons (Fsp3) is 0. The highest BCUT2D eigenvalue weighted by atomic mass is 32.1. The number of ether oxygens (including phenoxy) is 1. The molecule has 0 fully saturated rings. The molecule has 1 aromatic heterocycles. The molecule has 0 unspecified atom stereocenters. The second-order valence-corrected chi connectivity index (χ2v) is 4.02. The van der Waals surface area contributed by atoms with Gasteiger partial charge in [-0.05, 0) is 36.5 Å². The largest absolute Gasteiger partial charge is 0.430 e. The van der Waals surface area contributed by atoms with E-state index in [0.717, 1.165) is 11.0 Å². The lowest BCUT2D eigenvalue weighted by Gasteiger charge is -2.06. The molecule has 2 aromatic carbocycles. The number of fused-ring (bicyclic) bond motifs is 1. The Kier molecular flexibility index (Phi) is 2.74. The van der Waals surface area contributed by atoms with Gasteiger partial charge in [0, 0.05) is 0 Å². The van der Waals surface area contributed by atoms with Crippen molar-refractivity contribution in [3.8, 4) is 5.75 Å². The molecule has 5 heteroatoms. The van der Waals surface area contributed by atoms with Crippen molar-refractivity contribution >= 4 is 28.4 Å². The quantitative estimate of drug-likeness (QED) is 0.627. The first-order valence-electron chi connectivity index (χ1n) is 5.42. The van der Waals surface area contributed by atoms with Gasteiger partial charge in [0.25, 0.3) is 5.17 Å². The van der Waals surface area contributed by atoms with Crippen LogP contribution < -0.4 is 4.74 Å². The molecule has 0 radical (unpaired) electrons. The maximum atomic E-state index is 5.56. The number of nitrogens with zero attached hydrogens (tertiary/aromatic N) is 3. The Morgan fingerprint density at radius 1 is 1.00 bits per heavy atom. The molecule has 4 nitrogen and oxygen atoms in total. The van der Waals surface area contributed by atoms with Crippen molar-refractivity contribution in [2.75, 3.05) is 0 Å². The maximum absolute atomic E-state index is 5.56. The number of thiocarbonyl (C=S) groups is 1. The molecule has 0 aliphatic carbocycles. The van der Waals surface area contributed by atoms with Gasteiger partial charge >= 0.3 is 0 Å². The number of aromatic nitrogens is 3. The second kappa shape index (κ2) is 4.54. The molecule has 3 aromatic rings. The Morgan fingerprint density at radius 2 is 1.72 bits per heavy atom. The minimum Gasteiger partial charge on any atom is -0.430 e. The van der Waals surface area contributed by atoms with E-state index in [9.17, 15) is 0 Å². The number of para-hydroxylation sites is 2. The molecule has 0 N–H and O–H groups in total. The first kappa shape index (κ1) is 10.9. The maximum Gasteiger partial charge on any atom is 0.292 e. The summed E-state index contributed by atoms with van der Waals surface area (Å²) >= 11 is 5.22. The predicted molar refractivity (Wildman–Crippen MR) is 72.6 cm³/mol. The van der Waals surface area contributed by atoms with E-state index in [1.807, 2.05) is 54.6 Å². The van der Waals surface area contributed by atoms with Crippen molar-refractivity contribution in [2.45, 2.75) is 0 Å². The third kappa shape index (κ3) is 1.96. The lowest BCUT2D eigenvalue weighted by Crippen LogP contribution is -2.17. The van der Waals surface area contributed by atoms with Crippen LogP contribution in [0.2, 0.25) is 0 Å². The first-order valence-corrected chi connectivity index (χ1v) is 5.83. The van der Waals surface area contributed by atoms with Gasteiger partial charge in [0.2, 0.25) is 0 Å². The van der Waals surface area contributed by atoms with Crippen molar-refractivity contribution in [3.05, 3.63) is 54.6 Å². The lowest BCUT2D eigenvalue weighted by molar-refractivity contribution is 0.529. The normalized spacial score (nSPS) is 10.4. The third-order valence-corrected chi connectivity index (χ3v) is 2.73. The van der Waals surface area contributed by atoms with Crippen molar-refractivity contribution in [3.63, 3.8) is 0 Å².